The maximum Gasteiger partial charge on any atom is 0.304 e. The first kappa shape index (κ1) is 10.2. The van der Waals surface area contributed by atoms with Crippen LogP contribution in [0, 0.1) is 0 Å². The Morgan fingerprint density at radius 1 is 1.41 bits per heavy atom. The Kier molecular flexibility index (Phi) is 2.27. The van der Waals surface area contributed by atoms with Gasteiger partial charge < -0.3 is 10.1 Å². The highest BCUT2D eigenvalue weighted by atomic mass is 32.1. The number of hydrogen-bond acceptors (Lipinski definition) is 5. The van der Waals surface area contributed by atoms with Crippen LogP contribution in [0.15, 0.2) is 34.4 Å². The van der Waals surface area contributed by atoms with E-state index in [1.807, 2.05) is 24.3 Å². The van der Waals surface area contributed by atoms with Crippen LogP contribution in [-0.2, 0) is 0 Å². The zero-order valence-electron chi connectivity index (χ0n) is 8.57. The van der Waals surface area contributed by atoms with Crippen molar-refractivity contribution < 1.29 is 5.11 Å². The van der Waals surface area contributed by atoms with Crippen LogP contribution in [0.1, 0.15) is 11.9 Å². The second-order valence-electron chi connectivity index (χ2n) is 3.50. The maximum atomic E-state index is 11.0. The SMILES string of the molecule is O=c1[nH]c(C(O)n2nnc3ccccc32)cs1. The van der Waals surface area contributed by atoms with Crippen LogP contribution in [0.4, 0.5) is 0 Å². The highest BCUT2D eigenvalue weighted by molar-refractivity contribution is 7.07. The van der Waals surface area contributed by atoms with Crippen LogP contribution in [0.25, 0.3) is 11.0 Å². The number of nitrogens with one attached hydrogen (secondary N) is 1. The van der Waals surface area contributed by atoms with Gasteiger partial charge in [0.05, 0.1) is 11.2 Å². The van der Waals surface area contributed by atoms with Gasteiger partial charge in [-0.15, -0.1) is 5.10 Å². The summed E-state index contributed by atoms with van der Waals surface area (Å²) in [5, 5.41) is 19.5. The van der Waals surface area contributed by atoms with Gasteiger partial charge in [-0.25, -0.2) is 4.68 Å². The molecule has 2 aromatic heterocycles. The Labute approximate surface area is 99.1 Å². The quantitative estimate of drug-likeness (QED) is 0.700. The summed E-state index contributed by atoms with van der Waals surface area (Å²) in [6.45, 7) is 0. The van der Waals surface area contributed by atoms with Gasteiger partial charge >= 0.3 is 4.87 Å². The summed E-state index contributed by atoms with van der Waals surface area (Å²) in [6.07, 6.45) is -1.03. The molecule has 2 heterocycles. The second-order valence-corrected chi connectivity index (χ2v) is 4.34. The third-order valence-electron chi connectivity index (χ3n) is 2.43. The fraction of sp³-hybridized carbons (Fsp3) is 0.100. The van der Waals surface area contributed by atoms with Crippen molar-refractivity contribution in [2.24, 2.45) is 0 Å². The van der Waals surface area contributed by atoms with Crippen molar-refractivity contribution in [3.05, 3.63) is 45.0 Å². The highest BCUT2D eigenvalue weighted by Gasteiger charge is 2.16. The molecule has 0 saturated carbocycles. The third-order valence-corrected chi connectivity index (χ3v) is 3.11. The number of thiazole rings is 1. The molecule has 1 unspecified atom stereocenters. The van der Waals surface area contributed by atoms with E-state index >= 15 is 0 Å². The first-order valence-electron chi connectivity index (χ1n) is 4.91. The Hall–Kier alpha value is -1.99. The van der Waals surface area contributed by atoms with E-state index in [0.29, 0.717) is 16.7 Å². The van der Waals surface area contributed by atoms with Gasteiger partial charge in [-0.2, -0.15) is 0 Å². The molecule has 1 aromatic carbocycles. The molecule has 0 spiro atoms. The molecule has 7 heteroatoms. The Morgan fingerprint density at radius 3 is 3.00 bits per heavy atom. The van der Waals surface area contributed by atoms with E-state index in [1.165, 1.54) is 4.68 Å². The molecule has 0 aliphatic heterocycles. The number of H-pyrrole nitrogens is 1. The monoisotopic (exact) mass is 248 g/mol. The molecule has 1 atom stereocenters. The Bertz CT molecular complexity index is 714. The molecule has 3 aromatic rings. The predicted octanol–water partition coefficient (Wildman–Crippen LogP) is 0.720. The summed E-state index contributed by atoms with van der Waals surface area (Å²) in [4.78, 5) is 13.4. The standard InChI is InChI=1S/C10H8N4O2S/c15-9(7-5-17-10(16)11-7)14-8-4-2-1-3-6(8)12-13-14/h1-5,9,15H,(H,11,16). The van der Waals surface area contributed by atoms with Crippen LogP contribution < -0.4 is 4.87 Å². The number of aromatic amines is 1. The zero-order chi connectivity index (χ0) is 11.8. The number of aliphatic hydroxyl groups is 1. The molecule has 2 N–H and O–H groups in total. The predicted molar refractivity (Wildman–Crippen MR) is 62.8 cm³/mol. The van der Waals surface area contributed by atoms with Gasteiger partial charge in [0.2, 0.25) is 0 Å². The van der Waals surface area contributed by atoms with Gasteiger partial charge in [0.1, 0.15) is 5.52 Å². The van der Waals surface area contributed by atoms with Gasteiger partial charge in [-0.3, -0.25) is 4.79 Å². The van der Waals surface area contributed by atoms with Gasteiger partial charge in [-0.05, 0) is 12.1 Å². The lowest BCUT2D eigenvalue weighted by Crippen LogP contribution is -2.13. The van der Waals surface area contributed by atoms with E-state index in [0.717, 1.165) is 11.3 Å². The molecule has 6 nitrogen and oxygen atoms in total. The normalized spacial score (nSPS) is 13.0. The van der Waals surface area contributed by atoms with Crippen LogP contribution in [0.2, 0.25) is 0 Å². The highest BCUT2D eigenvalue weighted by Crippen LogP contribution is 2.18. The largest absolute Gasteiger partial charge is 0.367 e. The molecule has 0 bridgehead atoms. The van der Waals surface area contributed by atoms with Gasteiger partial charge in [0.25, 0.3) is 0 Å². The summed E-state index contributed by atoms with van der Waals surface area (Å²) < 4.78 is 1.37. The number of para-hydroxylation sites is 1. The number of nitrogens with zero attached hydrogens (tertiary/aromatic N) is 3. The fourth-order valence-corrected chi connectivity index (χ4v) is 2.21. The molecule has 17 heavy (non-hydrogen) atoms. The van der Waals surface area contributed by atoms with Crippen molar-refractivity contribution in [3.63, 3.8) is 0 Å². The minimum Gasteiger partial charge on any atom is -0.367 e. The molecule has 0 fully saturated rings. The minimum atomic E-state index is -1.03. The minimum absolute atomic E-state index is 0.205. The topological polar surface area (TPSA) is 83.8 Å². The lowest BCUT2D eigenvalue weighted by molar-refractivity contribution is 0.130. The molecule has 0 aliphatic carbocycles. The van der Waals surface area contributed by atoms with E-state index < -0.39 is 6.23 Å². The number of aliphatic hydroxyl groups excluding tert-OH is 1. The van der Waals surface area contributed by atoms with Crippen molar-refractivity contribution in [2.45, 2.75) is 6.23 Å². The summed E-state index contributed by atoms with van der Waals surface area (Å²) in [5.41, 5.74) is 1.83. The van der Waals surface area contributed by atoms with E-state index in [-0.39, 0.29) is 4.87 Å². The first-order chi connectivity index (χ1) is 8.25. The van der Waals surface area contributed by atoms with E-state index in [1.54, 1.807) is 5.38 Å². The van der Waals surface area contributed by atoms with Crippen molar-refractivity contribution in [1.82, 2.24) is 20.0 Å². The molecule has 0 saturated heterocycles. The summed E-state index contributed by atoms with van der Waals surface area (Å²) in [5.74, 6) is 0. The van der Waals surface area contributed by atoms with Crippen LogP contribution in [0.3, 0.4) is 0 Å². The van der Waals surface area contributed by atoms with Crippen molar-refractivity contribution in [2.75, 3.05) is 0 Å². The fourth-order valence-electron chi connectivity index (χ4n) is 1.62. The Morgan fingerprint density at radius 2 is 2.24 bits per heavy atom. The molecular formula is C10H8N4O2S. The van der Waals surface area contributed by atoms with Gasteiger partial charge in [0.15, 0.2) is 6.23 Å². The van der Waals surface area contributed by atoms with Crippen molar-refractivity contribution in [1.29, 1.82) is 0 Å². The average Bonchev–Trinajstić information content (AvgIpc) is 2.94. The van der Waals surface area contributed by atoms with Gasteiger partial charge in [-0.1, -0.05) is 28.7 Å². The van der Waals surface area contributed by atoms with Crippen LogP contribution in [-0.4, -0.2) is 25.1 Å². The number of fused-ring (bicyclic) bond motifs is 1. The van der Waals surface area contributed by atoms with Crippen LogP contribution >= 0.6 is 11.3 Å². The van der Waals surface area contributed by atoms with Crippen molar-refractivity contribution >= 4 is 22.4 Å². The number of benzene rings is 1. The summed E-state index contributed by atoms with van der Waals surface area (Å²) >= 11 is 1.00. The van der Waals surface area contributed by atoms with Crippen molar-refractivity contribution in [3.8, 4) is 0 Å². The summed E-state index contributed by atoms with van der Waals surface area (Å²) in [7, 11) is 0. The number of aromatic nitrogens is 4. The maximum absolute atomic E-state index is 11.0. The first-order valence-corrected chi connectivity index (χ1v) is 5.79. The molecular weight excluding hydrogens is 240 g/mol. The van der Waals surface area contributed by atoms with E-state index in [2.05, 4.69) is 15.3 Å². The van der Waals surface area contributed by atoms with Crippen LogP contribution in [0.5, 0.6) is 0 Å². The lowest BCUT2D eigenvalue weighted by Gasteiger charge is -2.08. The van der Waals surface area contributed by atoms with E-state index in [4.69, 9.17) is 0 Å². The lowest BCUT2D eigenvalue weighted by atomic mass is 10.3. The Balaban J connectivity index is 2.12. The van der Waals surface area contributed by atoms with Gasteiger partial charge in [0, 0.05) is 5.38 Å². The molecule has 86 valence electrons. The average molecular weight is 248 g/mol. The zero-order valence-corrected chi connectivity index (χ0v) is 9.39. The number of rotatable bonds is 2. The summed E-state index contributed by atoms with van der Waals surface area (Å²) in [6, 6.07) is 7.30. The smallest absolute Gasteiger partial charge is 0.304 e. The van der Waals surface area contributed by atoms with E-state index in [9.17, 15) is 9.90 Å². The molecule has 3 rings (SSSR count). The third kappa shape index (κ3) is 1.65. The molecule has 0 amide bonds. The molecule has 0 aliphatic rings. The molecule has 0 radical (unpaired) electrons. The second kappa shape index (κ2) is 3.79. The number of hydrogen-bond donors (Lipinski definition) is 2.